The molecule has 1 aromatic heterocycles. The molecule has 0 radical (unpaired) electrons. The van der Waals surface area contributed by atoms with Gasteiger partial charge in [-0.2, -0.15) is 0 Å². The van der Waals surface area contributed by atoms with Crippen molar-refractivity contribution in [3.63, 3.8) is 0 Å². The Labute approximate surface area is 117 Å². The van der Waals surface area contributed by atoms with Gasteiger partial charge < -0.3 is 9.88 Å². The minimum Gasteiger partial charge on any atom is -0.372 e. The Morgan fingerprint density at radius 2 is 2.25 bits per heavy atom. The molecule has 2 rings (SSSR count). The highest BCUT2D eigenvalue weighted by Gasteiger charge is 2.13. The van der Waals surface area contributed by atoms with Crippen molar-refractivity contribution in [3.05, 3.63) is 52.1 Å². The molecule has 0 saturated carbocycles. The number of nitrogens with one attached hydrogen (secondary N) is 1. The number of anilines is 1. The zero-order valence-corrected chi connectivity index (χ0v) is 11.7. The highest BCUT2D eigenvalue weighted by Crippen LogP contribution is 2.25. The molecule has 1 aromatic carbocycles. The fourth-order valence-electron chi connectivity index (χ4n) is 2.08. The fourth-order valence-corrected chi connectivity index (χ4v) is 2.08. The smallest absolute Gasteiger partial charge is 0.292 e. The van der Waals surface area contributed by atoms with Crippen LogP contribution in [0.2, 0.25) is 0 Å². The Balaban J connectivity index is 2.16. The molecule has 0 spiro atoms. The van der Waals surface area contributed by atoms with Gasteiger partial charge in [0.1, 0.15) is 11.5 Å². The molecule has 0 aliphatic carbocycles. The predicted octanol–water partition coefficient (Wildman–Crippen LogP) is 3.12. The summed E-state index contributed by atoms with van der Waals surface area (Å²) in [4.78, 5) is 14.9. The maximum absolute atomic E-state index is 11.0. The van der Waals surface area contributed by atoms with Gasteiger partial charge in [0.15, 0.2) is 0 Å². The number of nitrogens with zero attached hydrogens (tertiary/aromatic N) is 3. The van der Waals surface area contributed by atoms with Crippen LogP contribution in [0.5, 0.6) is 0 Å². The minimum absolute atomic E-state index is 0.0872. The van der Waals surface area contributed by atoms with E-state index in [2.05, 4.69) is 21.8 Å². The molecule has 0 aliphatic rings. The monoisotopic (exact) mass is 274 g/mol. The van der Waals surface area contributed by atoms with Gasteiger partial charge in [0, 0.05) is 25.0 Å². The number of benzene rings is 1. The van der Waals surface area contributed by atoms with Crippen LogP contribution in [-0.2, 0) is 13.1 Å². The average molecular weight is 274 g/mol. The van der Waals surface area contributed by atoms with Gasteiger partial charge in [-0.1, -0.05) is 13.0 Å². The summed E-state index contributed by atoms with van der Waals surface area (Å²) in [5, 5.41) is 14.1. The summed E-state index contributed by atoms with van der Waals surface area (Å²) < 4.78 is 2.05. The lowest BCUT2D eigenvalue weighted by molar-refractivity contribution is -0.384. The molecule has 6 heteroatoms. The van der Waals surface area contributed by atoms with Crippen molar-refractivity contribution in [2.24, 2.45) is 0 Å². The van der Waals surface area contributed by atoms with E-state index in [0.29, 0.717) is 12.2 Å². The second-order valence-electron chi connectivity index (χ2n) is 4.67. The molecule has 6 nitrogen and oxygen atoms in total. The number of nitro benzene ring substituents is 1. The number of aryl methyl sites for hydroxylation is 2. The number of nitro groups is 1. The fraction of sp³-hybridized carbons (Fsp3) is 0.357. The number of imidazole rings is 1. The first-order chi connectivity index (χ1) is 9.61. The molecular formula is C14H18N4O2. The molecule has 1 N–H and O–H groups in total. The van der Waals surface area contributed by atoms with Gasteiger partial charge >= 0.3 is 0 Å². The van der Waals surface area contributed by atoms with Gasteiger partial charge in [-0.05, 0) is 25.0 Å². The topological polar surface area (TPSA) is 73.0 Å². The Hall–Kier alpha value is -2.37. The predicted molar refractivity (Wildman–Crippen MR) is 77.7 cm³/mol. The Kier molecular flexibility index (Phi) is 4.34. The number of hydrogen-bond donors (Lipinski definition) is 1. The lowest BCUT2D eigenvalue weighted by Gasteiger charge is -2.09. The van der Waals surface area contributed by atoms with Crippen LogP contribution in [0.1, 0.15) is 24.7 Å². The summed E-state index contributed by atoms with van der Waals surface area (Å²) in [6.07, 6.45) is 4.69. The largest absolute Gasteiger partial charge is 0.372 e. The van der Waals surface area contributed by atoms with Crippen molar-refractivity contribution in [1.29, 1.82) is 0 Å². The second kappa shape index (κ2) is 6.18. The first-order valence-corrected chi connectivity index (χ1v) is 6.60. The van der Waals surface area contributed by atoms with Crippen LogP contribution >= 0.6 is 0 Å². The van der Waals surface area contributed by atoms with Crippen molar-refractivity contribution in [2.45, 2.75) is 33.4 Å². The van der Waals surface area contributed by atoms with Crippen LogP contribution in [0, 0.1) is 17.0 Å². The van der Waals surface area contributed by atoms with Gasteiger partial charge in [0.25, 0.3) is 5.69 Å². The molecule has 0 fully saturated rings. The van der Waals surface area contributed by atoms with Crippen molar-refractivity contribution in [2.75, 3.05) is 5.32 Å². The van der Waals surface area contributed by atoms with E-state index in [1.807, 2.05) is 13.1 Å². The summed E-state index contributed by atoms with van der Waals surface area (Å²) in [7, 11) is 0. The van der Waals surface area contributed by atoms with E-state index in [-0.39, 0.29) is 10.6 Å². The van der Waals surface area contributed by atoms with E-state index in [1.165, 1.54) is 6.07 Å². The summed E-state index contributed by atoms with van der Waals surface area (Å²) in [6, 6.07) is 5.04. The summed E-state index contributed by atoms with van der Waals surface area (Å²) >= 11 is 0. The average Bonchev–Trinajstić information content (AvgIpc) is 2.84. The maximum Gasteiger partial charge on any atom is 0.292 e. The molecule has 0 saturated heterocycles. The molecule has 0 amide bonds. The Morgan fingerprint density at radius 3 is 2.95 bits per heavy atom. The minimum atomic E-state index is -0.375. The molecule has 0 bridgehead atoms. The molecule has 0 unspecified atom stereocenters. The lowest BCUT2D eigenvalue weighted by Crippen LogP contribution is -2.09. The van der Waals surface area contributed by atoms with E-state index < -0.39 is 0 Å². The lowest BCUT2D eigenvalue weighted by atomic mass is 10.2. The van der Waals surface area contributed by atoms with E-state index in [0.717, 1.165) is 24.4 Å². The van der Waals surface area contributed by atoms with Crippen LogP contribution in [0.4, 0.5) is 11.4 Å². The molecule has 1 heterocycles. The van der Waals surface area contributed by atoms with Gasteiger partial charge in [0.2, 0.25) is 0 Å². The number of rotatable bonds is 6. The van der Waals surface area contributed by atoms with Gasteiger partial charge in [0.05, 0.1) is 11.5 Å². The Bertz CT molecular complexity index is 607. The molecular weight excluding hydrogens is 256 g/mol. The van der Waals surface area contributed by atoms with E-state index in [4.69, 9.17) is 0 Å². The zero-order valence-electron chi connectivity index (χ0n) is 11.7. The van der Waals surface area contributed by atoms with Crippen molar-refractivity contribution in [3.8, 4) is 0 Å². The zero-order chi connectivity index (χ0) is 14.5. The molecule has 106 valence electrons. The van der Waals surface area contributed by atoms with E-state index in [1.54, 1.807) is 18.3 Å². The van der Waals surface area contributed by atoms with Crippen LogP contribution in [0.3, 0.4) is 0 Å². The molecule has 0 aliphatic heterocycles. The van der Waals surface area contributed by atoms with Gasteiger partial charge in [-0.15, -0.1) is 0 Å². The van der Waals surface area contributed by atoms with Gasteiger partial charge in [-0.3, -0.25) is 10.1 Å². The van der Waals surface area contributed by atoms with E-state index >= 15 is 0 Å². The third-order valence-corrected chi connectivity index (χ3v) is 3.05. The third kappa shape index (κ3) is 3.14. The van der Waals surface area contributed by atoms with Crippen LogP contribution in [-0.4, -0.2) is 14.5 Å². The Morgan fingerprint density at radius 1 is 1.45 bits per heavy atom. The normalized spacial score (nSPS) is 10.5. The number of hydrogen-bond acceptors (Lipinski definition) is 4. The number of aromatic nitrogens is 2. The van der Waals surface area contributed by atoms with Crippen LogP contribution < -0.4 is 5.32 Å². The molecule has 0 atom stereocenters. The highest BCUT2D eigenvalue weighted by atomic mass is 16.6. The van der Waals surface area contributed by atoms with Crippen LogP contribution in [0.15, 0.2) is 30.6 Å². The van der Waals surface area contributed by atoms with Crippen molar-refractivity contribution < 1.29 is 4.92 Å². The summed E-state index contributed by atoms with van der Waals surface area (Å²) in [6.45, 7) is 5.37. The third-order valence-electron chi connectivity index (χ3n) is 3.05. The van der Waals surface area contributed by atoms with Crippen molar-refractivity contribution in [1.82, 2.24) is 9.55 Å². The first-order valence-electron chi connectivity index (χ1n) is 6.60. The first kappa shape index (κ1) is 14.0. The summed E-state index contributed by atoms with van der Waals surface area (Å²) in [5.74, 6) is 0.877. The van der Waals surface area contributed by atoms with Crippen molar-refractivity contribution >= 4 is 11.4 Å². The SMILES string of the molecule is CCCn1ccnc1CNc1cc(C)ccc1[N+](=O)[O-]. The second-order valence-corrected chi connectivity index (χ2v) is 4.67. The highest BCUT2D eigenvalue weighted by molar-refractivity contribution is 5.62. The quantitative estimate of drug-likeness (QED) is 0.648. The van der Waals surface area contributed by atoms with Gasteiger partial charge in [-0.25, -0.2) is 4.98 Å². The van der Waals surface area contributed by atoms with E-state index in [9.17, 15) is 10.1 Å². The maximum atomic E-state index is 11.0. The van der Waals surface area contributed by atoms with Crippen LogP contribution in [0.25, 0.3) is 0 Å². The standard InChI is InChI=1S/C14H18N4O2/c1-3-7-17-8-6-15-14(17)10-16-12-9-11(2)4-5-13(12)18(19)20/h4-6,8-9,16H,3,7,10H2,1-2H3. The molecule has 2 aromatic rings. The summed E-state index contributed by atoms with van der Waals surface area (Å²) in [5.41, 5.74) is 1.60. The molecule has 20 heavy (non-hydrogen) atoms.